The molecule has 0 aliphatic rings. The van der Waals surface area contributed by atoms with Gasteiger partial charge in [-0.3, -0.25) is 0 Å². The molecule has 0 amide bonds. The monoisotopic (exact) mass is 302 g/mol. The van der Waals surface area contributed by atoms with E-state index in [1.807, 2.05) is 0 Å². The second-order valence-electron chi connectivity index (χ2n) is 5.55. The summed E-state index contributed by atoms with van der Waals surface area (Å²) in [5.41, 5.74) is 0. The van der Waals surface area contributed by atoms with Crippen molar-refractivity contribution in [2.45, 2.75) is 90.4 Å². The molecular formula is C17H35ClN2. The van der Waals surface area contributed by atoms with Gasteiger partial charge in [0.05, 0.1) is 6.07 Å². The molecule has 0 aromatic rings. The van der Waals surface area contributed by atoms with E-state index in [-0.39, 0.29) is 12.4 Å². The second-order valence-corrected chi connectivity index (χ2v) is 5.55. The molecule has 0 aromatic carbocycles. The van der Waals surface area contributed by atoms with E-state index in [2.05, 4.69) is 18.3 Å². The Balaban J connectivity index is 0. The van der Waals surface area contributed by atoms with Crippen LogP contribution in [-0.2, 0) is 0 Å². The maximum Gasteiger partial charge on any atom is 0.0621 e. The number of halogens is 1. The molecule has 0 aliphatic carbocycles. The van der Waals surface area contributed by atoms with Crippen molar-refractivity contribution in [2.75, 3.05) is 13.1 Å². The number of nitrogens with zero attached hydrogens (tertiary/aromatic N) is 1. The first kappa shape index (κ1) is 22.0. The Hall–Kier alpha value is -0.260. The third-order valence-electron chi connectivity index (χ3n) is 3.60. The molecule has 0 fully saturated rings. The van der Waals surface area contributed by atoms with Gasteiger partial charge in [0, 0.05) is 6.42 Å². The summed E-state index contributed by atoms with van der Waals surface area (Å²) in [5.74, 6) is 0. The van der Waals surface area contributed by atoms with Crippen LogP contribution in [0.15, 0.2) is 0 Å². The van der Waals surface area contributed by atoms with Crippen LogP contribution >= 0.6 is 12.4 Å². The predicted molar refractivity (Wildman–Crippen MR) is 91.4 cm³/mol. The summed E-state index contributed by atoms with van der Waals surface area (Å²) in [4.78, 5) is 0. The lowest BCUT2D eigenvalue weighted by Crippen LogP contribution is -2.16. The first-order chi connectivity index (χ1) is 9.41. The Morgan fingerprint density at radius 3 is 1.65 bits per heavy atom. The molecule has 0 saturated carbocycles. The van der Waals surface area contributed by atoms with Gasteiger partial charge in [0.15, 0.2) is 0 Å². The molecule has 0 atom stereocenters. The van der Waals surface area contributed by atoms with Crippen LogP contribution in [0.2, 0.25) is 0 Å². The van der Waals surface area contributed by atoms with E-state index in [1.165, 1.54) is 64.2 Å². The van der Waals surface area contributed by atoms with Crippen LogP contribution in [-0.4, -0.2) is 13.1 Å². The van der Waals surface area contributed by atoms with Crippen molar-refractivity contribution in [2.24, 2.45) is 0 Å². The lowest BCUT2D eigenvalue weighted by Gasteiger charge is -2.04. The summed E-state index contributed by atoms with van der Waals surface area (Å²) in [6.45, 7) is 4.51. The molecule has 0 aliphatic heterocycles. The third-order valence-corrected chi connectivity index (χ3v) is 3.60. The predicted octanol–water partition coefficient (Wildman–Crippen LogP) is 5.61. The molecule has 0 radical (unpaired) electrons. The van der Waals surface area contributed by atoms with Gasteiger partial charge in [-0.05, 0) is 32.4 Å². The summed E-state index contributed by atoms with van der Waals surface area (Å²) in [6.07, 6.45) is 16.9. The fourth-order valence-electron chi connectivity index (χ4n) is 2.32. The van der Waals surface area contributed by atoms with Crippen molar-refractivity contribution in [3.63, 3.8) is 0 Å². The van der Waals surface area contributed by atoms with Crippen LogP contribution in [0, 0.1) is 11.3 Å². The first-order valence-electron chi connectivity index (χ1n) is 8.49. The van der Waals surface area contributed by atoms with Gasteiger partial charge < -0.3 is 5.32 Å². The summed E-state index contributed by atoms with van der Waals surface area (Å²) >= 11 is 0. The van der Waals surface area contributed by atoms with Crippen molar-refractivity contribution in [3.8, 4) is 6.07 Å². The molecule has 0 saturated heterocycles. The van der Waals surface area contributed by atoms with Crippen molar-refractivity contribution >= 4 is 12.4 Å². The lowest BCUT2D eigenvalue weighted by atomic mass is 10.1. The van der Waals surface area contributed by atoms with E-state index in [9.17, 15) is 0 Å². The zero-order valence-electron chi connectivity index (χ0n) is 13.5. The first-order valence-corrected chi connectivity index (χ1v) is 8.49. The molecule has 0 bridgehead atoms. The molecule has 20 heavy (non-hydrogen) atoms. The van der Waals surface area contributed by atoms with E-state index in [0.29, 0.717) is 6.42 Å². The minimum absolute atomic E-state index is 0. The Labute approximate surface area is 133 Å². The Morgan fingerprint density at radius 2 is 1.15 bits per heavy atom. The highest BCUT2D eigenvalue weighted by Crippen LogP contribution is 2.10. The Bertz CT molecular complexity index is 202. The minimum atomic E-state index is 0. The highest BCUT2D eigenvalue weighted by Gasteiger charge is 1.93. The molecule has 1 N–H and O–H groups in total. The summed E-state index contributed by atoms with van der Waals surface area (Å²) in [6, 6.07) is 2.19. The van der Waals surface area contributed by atoms with Crippen molar-refractivity contribution in [3.05, 3.63) is 0 Å². The van der Waals surface area contributed by atoms with Gasteiger partial charge in [0.1, 0.15) is 0 Å². The molecule has 0 aromatic heterocycles. The molecule has 0 rings (SSSR count). The number of hydrogen-bond acceptors (Lipinski definition) is 2. The molecule has 3 heteroatoms. The number of unbranched alkanes of at least 4 members (excludes halogenated alkanes) is 11. The highest BCUT2D eigenvalue weighted by molar-refractivity contribution is 5.85. The van der Waals surface area contributed by atoms with E-state index in [4.69, 9.17) is 5.26 Å². The molecule has 0 spiro atoms. The zero-order valence-corrected chi connectivity index (χ0v) is 14.3. The maximum atomic E-state index is 8.40. The van der Waals surface area contributed by atoms with Crippen molar-refractivity contribution in [1.29, 1.82) is 5.26 Å². The van der Waals surface area contributed by atoms with E-state index in [0.717, 1.165) is 25.9 Å². The smallest absolute Gasteiger partial charge is 0.0621 e. The molecule has 0 heterocycles. The van der Waals surface area contributed by atoms with Crippen LogP contribution < -0.4 is 5.32 Å². The Kier molecular flexibility index (Phi) is 23.2. The zero-order chi connectivity index (χ0) is 14.0. The molecular weight excluding hydrogens is 268 g/mol. The molecule has 2 nitrogen and oxygen atoms in total. The molecule has 0 unspecified atom stereocenters. The van der Waals surface area contributed by atoms with Gasteiger partial charge in [-0.1, -0.05) is 64.7 Å². The average Bonchev–Trinajstić information content (AvgIpc) is 2.43. The average molecular weight is 303 g/mol. The lowest BCUT2D eigenvalue weighted by molar-refractivity contribution is 0.539. The van der Waals surface area contributed by atoms with Gasteiger partial charge in [-0.25, -0.2) is 0 Å². The summed E-state index contributed by atoms with van der Waals surface area (Å²) in [7, 11) is 0. The fraction of sp³-hybridized carbons (Fsp3) is 0.941. The van der Waals surface area contributed by atoms with Crippen LogP contribution in [0.25, 0.3) is 0 Å². The van der Waals surface area contributed by atoms with Crippen LogP contribution in [0.3, 0.4) is 0 Å². The van der Waals surface area contributed by atoms with E-state index < -0.39 is 0 Å². The van der Waals surface area contributed by atoms with Gasteiger partial charge in [-0.2, -0.15) is 5.26 Å². The largest absolute Gasteiger partial charge is 0.317 e. The maximum absolute atomic E-state index is 8.40. The summed E-state index contributed by atoms with van der Waals surface area (Å²) in [5, 5.41) is 11.9. The molecule has 120 valence electrons. The van der Waals surface area contributed by atoms with E-state index >= 15 is 0 Å². The number of hydrogen-bond donors (Lipinski definition) is 1. The standard InChI is InChI=1S/C17H34N2.ClH/c1-2-3-4-5-6-7-8-9-10-13-16-19-17-14-11-12-15-18;/h19H,2-14,16-17H2,1H3;1H. The van der Waals surface area contributed by atoms with Crippen molar-refractivity contribution < 1.29 is 0 Å². The van der Waals surface area contributed by atoms with Crippen molar-refractivity contribution in [1.82, 2.24) is 5.32 Å². The summed E-state index contributed by atoms with van der Waals surface area (Å²) < 4.78 is 0. The van der Waals surface area contributed by atoms with Gasteiger partial charge in [0.2, 0.25) is 0 Å². The fourth-order valence-corrected chi connectivity index (χ4v) is 2.32. The normalized spacial score (nSPS) is 10.0. The third kappa shape index (κ3) is 20.1. The Morgan fingerprint density at radius 1 is 0.700 bits per heavy atom. The number of rotatable bonds is 15. The topological polar surface area (TPSA) is 35.8 Å². The van der Waals surface area contributed by atoms with Gasteiger partial charge in [0.25, 0.3) is 0 Å². The highest BCUT2D eigenvalue weighted by atomic mass is 35.5. The quantitative estimate of drug-likeness (QED) is 0.399. The van der Waals surface area contributed by atoms with Crippen LogP contribution in [0.5, 0.6) is 0 Å². The van der Waals surface area contributed by atoms with Crippen LogP contribution in [0.1, 0.15) is 90.4 Å². The van der Waals surface area contributed by atoms with E-state index in [1.54, 1.807) is 0 Å². The second kappa shape index (κ2) is 21.0. The number of nitrogens with one attached hydrogen (secondary N) is 1. The number of nitriles is 1. The van der Waals surface area contributed by atoms with Crippen LogP contribution in [0.4, 0.5) is 0 Å². The van der Waals surface area contributed by atoms with Gasteiger partial charge in [-0.15, -0.1) is 12.4 Å². The SMILES string of the molecule is CCCCCCCCCCCCNCCCCC#N.Cl. The van der Waals surface area contributed by atoms with Gasteiger partial charge >= 0.3 is 0 Å². The minimum Gasteiger partial charge on any atom is -0.317 e.